The molecule has 1 aromatic heterocycles. The van der Waals surface area contributed by atoms with Crippen LogP contribution in [0.2, 0.25) is 0 Å². The predicted octanol–water partition coefficient (Wildman–Crippen LogP) is 3.24. The van der Waals surface area contributed by atoms with Gasteiger partial charge in [-0.05, 0) is 42.5 Å². The van der Waals surface area contributed by atoms with Crippen molar-refractivity contribution in [2.24, 2.45) is 0 Å². The number of ether oxygens (including phenoxy) is 2. The van der Waals surface area contributed by atoms with Crippen molar-refractivity contribution < 1.29 is 19.1 Å². The fourth-order valence-corrected chi connectivity index (χ4v) is 2.73. The van der Waals surface area contributed by atoms with Crippen LogP contribution in [0.25, 0.3) is 0 Å². The van der Waals surface area contributed by atoms with Crippen LogP contribution in [-0.2, 0) is 11.4 Å². The highest BCUT2D eigenvalue weighted by Crippen LogP contribution is 2.29. The summed E-state index contributed by atoms with van der Waals surface area (Å²) in [6.45, 7) is 0.312. The first kappa shape index (κ1) is 17.5. The molecule has 0 aliphatic carbocycles. The van der Waals surface area contributed by atoms with Gasteiger partial charge in [0.2, 0.25) is 0 Å². The van der Waals surface area contributed by atoms with E-state index in [0.29, 0.717) is 35.0 Å². The lowest BCUT2D eigenvalue weighted by Crippen LogP contribution is -2.25. The highest BCUT2D eigenvalue weighted by molar-refractivity contribution is 6.06. The van der Waals surface area contributed by atoms with Crippen LogP contribution in [0.1, 0.15) is 16.1 Å². The van der Waals surface area contributed by atoms with E-state index in [-0.39, 0.29) is 18.4 Å². The van der Waals surface area contributed by atoms with E-state index in [0.717, 1.165) is 5.69 Å². The Labute approximate surface area is 161 Å². The molecule has 7 heteroatoms. The van der Waals surface area contributed by atoms with Crippen LogP contribution in [0, 0.1) is 0 Å². The molecule has 0 atom stereocenters. The number of hydrogen-bond acceptors (Lipinski definition) is 5. The number of benzene rings is 2. The Hall–Kier alpha value is -3.87. The molecule has 4 rings (SSSR count). The van der Waals surface area contributed by atoms with Gasteiger partial charge < -0.3 is 20.1 Å². The van der Waals surface area contributed by atoms with Gasteiger partial charge in [-0.2, -0.15) is 0 Å². The first-order chi connectivity index (χ1) is 13.7. The van der Waals surface area contributed by atoms with E-state index >= 15 is 0 Å². The highest BCUT2D eigenvalue weighted by atomic mass is 16.5. The van der Waals surface area contributed by atoms with Gasteiger partial charge in [-0.3, -0.25) is 14.6 Å². The molecule has 2 amide bonds. The lowest BCUT2D eigenvalue weighted by molar-refractivity contribution is -0.118. The van der Waals surface area contributed by atoms with Gasteiger partial charge in [0.15, 0.2) is 6.61 Å². The van der Waals surface area contributed by atoms with Gasteiger partial charge >= 0.3 is 0 Å². The zero-order valence-electron chi connectivity index (χ0n) is 14.8. The minimum absolute atomic E-state index is 0.0240. The van der Waals surface area contributed by atoms with Crippen LogP contribution in [0.4, 0.5) is 11.4 Å². The fraction of sp³-hybridized carbons (Fsp3) is 0.0952. The molecule has 0 saturated carbocycles. The molecule has 0 spiro atoms. The van der Waals surface area contributed by atoms with Gasteiger partial charge in [0.05, 0.1) is 11.4 Å². The fourth-order valence-electron chi connectivity index (χ4n) is 2.73. The van der Waals surface area contributed by atoms with Crippen molar-refractivity contribution in [2.75, 3.05) is 17.2 Å². The largest absolute Gasteiger partial charge is 0.487 e. The topological polar surface area (TPSA) is 89.6 Å². The van der Waals surface area contributed by atoms with Crippen molar-refractivity contribution in [3.05, 3.63) is 78.1 Å². The van der Waals surface area contributed by atoms with E-state index in [1.54, 1.807) is 42.6 Å². The van der Waals surface area contributed by atoms with E-state index in [2.05, 4.69) is 15.6 Å². The van der Waals surface area contributed by atoms with Gasteiger partial charge in [0, 0.05) is 23.5 Å². The Bertz CT molecular complexity index is 1020. The van der Waals surface area contributed by atoms with Crippen molar-refractivity contribution in [1.82, 2.24) is 4.98 Å². The van der Waals surface area contributed by atoms with Crippen molar-refractivity contribution in [3.8, 4) is 11.5 Å². The van der Waals surface area contributed by atoms with E-state index in [9.17, 15) is 9.59 Å². The number of hydrogen-bond donors (Lipinski definition) is 2. The average Bonchev–Trinajstić information content (AvgIpc) is 2.72. The number of carbonyl (C=O) groups is 2. The molecule has 0 unspecified atom stereocenters. The van der Waals surface area contributed by atoms with Gasteiger partial charge in [0.25, 0.3) is 11.8 Å². The number of nitrogens with one attached hydrogen (secondary N) is 2. The van der Waals surface area contributed by atoms with Gasteiger partial charge in [0.1, 0.15) is 18.1 Å². The minimum atomic E-state index is -0.301. The zero-order valence-corrected chi connectivity index (χ0v) is 14.8. The Morgan fingerprint density at radius 1 is 1.14 bits per heavy atom. The minimum Gasteiger partial charge on any atom is -0.487 e. The number of pyridine rings is 1. The van der Waals surface area contributed by atoms with Crippen LogP contribution in [-0.4, -0.2) is 23.4 Å². The lowest BCUT2D eigenvalue weighted by atomic mass is 10.1. The molecule has 1 aliphatic heterocycles. The third-order valence-electron chi connectivity index (χ3n) is 4.08. The average molecular weight is 375 g/mol. The molecule has 2 heterocycles. The zero-order chi connectivity index (χ0) is 19.3. The second-order valence-electron chi connectivity index (χ2n) is 6.14. The number of carbonyl (C=O) groups excluding carboxylic acids is 2. The SMILES string of the molecule is O=C1COc2ccc(C(=O)Nc3cccc(OCc4ccccn4)c3)cc2N1. The summed E-state index contributed by atoms with van der Waals surface area (Å²) in [5.41, 5.74) is 2.30. The maximum atomic E-state index is 12.6. The Morgan fingerprint density at radius 2 is 2.07 bits per heavy atom. The molecule has 7 nitrogen and oxygen atoms in total. The number of aromatic nitrogens is 1. The van der Waals surface area contributed by atoms with E-state index in [4.69, 9.17) is 9.47 Å². The summed E-state index contributed by atoms with van der Waals surface area (Å²) in [7, 11) is 0. The number of anilines is 2. The first-order valence-electron chi connectivity index (χ1n) is 8.68. The molecule has 0 radical (unpaired) electrons. The van der Waals surface area contributed by atoms with E-state index < -0.39 is 0 Å². The third kappa shape index (κ3) is 4.09. The van der Waals surface area contributed by atoms with Gasteiger partial charge in [-0.15, -0.1) is 0 Å². The van der Waals surface area contributed by atoms with Gasteiger partial charge in [-0.25, -0.2) is 0 Å². The van der Waals surface area contributed by atoms with Gasteiger partial charge in [-0.1, -0.05) is 12.1 Å². The first-order valence-corrected chi connectivity index (χ1v) is 8.68. The summed E-state index contributed by atoms with van der Waals surface area (Å²) in [6, 6.07) is 17.6. The maximum absolute atomic E-state index is 12.6. The summed E-state index contributed by atoms with van der Waals surface area (Å²) in [5, 5.41) is 5.52. The smallest absolute Gasteiger partial charge is 0.262 e. The Kier molecular flexibility index (Phi) is 4.88. The number of nitrogens with zero attached hydrogens (tertiary/aromatic N) is 1. The molecule has 2 N–H and O–H groups in total. The number of rotatable bonds is 5. The summed E-state index contributed by atoms with van der Waals surface area (Å²) < 4.78 is 11.0. The molecule has 1 aliphatic rings. The standard InChI is InChI=1S/C21H17N3O4/c25-20-13-28-19-8-7-14(10-18(19)24-20)21(26)23-15-5-3-6-17(11-15)27-12-16-4-1-2-9-22-16/h1-11H,12-13H2,(H,23,26)(H,24,25). The van der Waals surface area contributed by atoms with Crippen LogP contribution in [0.15, 0.2) is 66.9 Å². The van der Waals surface area contributed by atoms with Crippen molar-refractivity contribution in [2.45, 2.75) is 6.61 Å². The summed E-state index contributed by atoms with van der Waals surface area (Å²) in [4.78, 5) is 28.2. The summed E-state index contributed by atoms with van der Waals surface area (Å²) in [5.74, 6) is 0.614. The second kappa shape index (κ2) is 7.79. The van der Waals surface area contributed by atoms with Crippen LogP contribution in [0.5, 0.6) is 11.5 Å². The molecule has 140 valence electrons. The third-order valence-corrected chi connectivity index (χ3v) is 4.08. The molecular formula is C21H17N3O4. The summed E-state index contributed by atoms with van der Waals surface area (Å²) in [6.07, 6.45) is 1.71. The molecule has 3 aromatic rings. The second-order valence-corrected chi connectivity index (χ2v) is 6.14. The maximum Gasteiger partial charge on any atom is 0.262 e. The highest BCUT2D eigenvalue weighted by Gasteiger charge is 2.18. The molecule has 0 bridgehead atoms. The van der Waals surface area contributed by atoms with Crippen molar-refractivity contribution in [1.29, 1.82) is 0 Å². The molecular weight excluding hydrogens is 358 g/mol. The van der Waals surface area contributed by atoms with Crippen LogP contribution >= 0.6 is 0 Å². The number of fused-ring (bicyclic) bond motifs is 1. The van der Waals surface area contributed by atoms with Crippen molar-refractivity contribution >= 4 is 23.2 Å². The van der Waals surface area contributed by atoms with E-state index in [1.165, 1.54) is 0 Å². The number of amides is 2. The molecule has 28 heavy (non-hydrogen) atoms. The van der Waals surface area contributed by atoms with E-state index in [1.807, 2.05) is 24.3 Å². The molecule has 0 saturated heterocycles. The Balaban J connectivity index is 1.43. The predicted molar refractivity (Wildman–Crippen MR) is 104 cm³/mol. The molecule has 0 fully saturated rings. The normalized spacial score (nSPS) is 12.4. The van der Waals surface area contributed by atoms with Crippen LogP contribution < -0.4 is 20.1 Å². The van der Waals surface area contributed by atoms with Crippen LogP contribution in [0.3, 0.4) is 0 Å². The van der Waals surface area contributed by atoms with Crippen molar-refractivity contribution in [3.63, 3.8) is 0 Å². The Morgan fingerprint density at radius 3 is 2.93 bits per heavy atom. The lowest BCUT2D eigenvalue weighted by Gasteiger charge is -2.18. The summed E-state index contributed by atoms with van der Waals surface area (Å²) >= 11 is 0. The quantitative estimate of drug-likeness (QED) is 0.715. The molecule has 2 aromatic carbocycles. The monoisotopic (exact) mass is 375 g/mol.